The summed E-state index contributed by atoms with van der Waals surface area (Å²) in [5.41, 5.74) is 3.14. The van der Waals surface area contributed by atoms with Crippen molar-refractivity contribution in [3.8, 4) is 28.4 Å². The maximum absolute atomic E-state index is 13.4. The Labute approximate surface area is 191 Å². The molecule has 0 saturated carbocycles. The van der Waals surface area contributed by atoms with E-state index in [2.05, 4.69) is 9.97 Å². The van der Waals surface area contributed by atoms with Crippen LogP contribution in [0.5, 0.6) is 17.2 Å². The van der Waals surface area contributed by atoms with Crippen LogP contribution in [0.15, 0.2) is 76.4 Å². The molecule has 1 aliphatic rings. The topological polar surface area (TPSA) is 123 Å². The van der Waals surface area contributed by atoms with Crippen LogP contribution < -0.4 is 10.2 Å². The molecule has 1 atom stereocenters. The summed E-state index contributed by atoms with van der Waals surface area (Å²) in [5.74, 6) is -1.07. The van der Waals surface area contributed by atoms with Crippen molar-refractivity contribution in [3.63, 3.8) is 0 Å². The lowest BCUT2D eigenvalue weighted by Gasteiger charge is -2.26. The fourth-order valence-corrected chi connectivity index (χ4v) is 4.45. The number of aromatic nitrogens is 2. The number of hydrogen-bond donors (Lipinski definition) is 2. The minimum atomic E-state index is -0.478. The second kappa shape index (κ2) is 7.41. The number of fused-ring (bicyclic) bond motifs is 4. The summed E-state index contributed by atoms with van der Waals surface area (Å²) in [6.45, 7) is 0. The van der Waals surface area contributed by atoms with E-state index in [9.17, 15) is 19.8 Å². The molecule has 2 aromatic heterocycles. The second-order valence-electron chi connectivity index (χ2n) is 8.07. The molecule has 3 aromatic carbocycles. The van der Waals surface area contributed by atoms with E-state index < -0.39 is 17.3 Å². The van der Waals surface area contributed by atoms with Gasteiger partial charge in [-0.3, -0.25) is 19.6 Å². The molecule has 0 spiro atoms. The summed E-state index contributed by atoms with van der Waals surface area (Å²) in [6, 6.07) is 12.9. The number of phenolic OH excluding ortho intramolecular Hbond substituents is 2. The van der Waals surface area contributed by atoms with Crippen LogP contribution in [0.4, 0.5) is 0 Å². The molecular formula is C26H16N2O6. The maximum atomic E-state index is 13.4. The molecule has 0 amide bonds. The molecule has 0 aliphatic carbocycles. The van der Waals surface area contributed by atoms with Crippen molar-refractivity contribution >= 4 is 28.0 Å². The third-order valence-electron chi connectivity index (χ3n) is 6.04. The van der Waals surface area contributed by atoms with Crippen LogP contribution in [0.3, 0.4) is 0 Å². The van der Waals surface area contributed by atoms with Crippen LogP contribution in [0.25, 0.3) is 33.1 Å². The predicted molar refractivity (Wildman–Crippen MR) is 123 cm³/mol. The molecule has 0 saturated heterocycles. The number of benzene rings is 3. The van der Waals surface area contributed by atoms with E-state index in [4.69, 9.17) is 9.15 Å². The molecule has 0 fully saturated rings. The molecule has 34 heavy (non-hydrogen) atoms. The van der Waals surface area contributed by atoms with Gasteiger partial charge >= 0.3 is 5.97 Å². The Bertz CT molecular complexity index is 1670. The van der Waals surface area contributed by atoms with Gasteiger partial charge in [0.05, 0.1) is 23.0 Å². The summed E-state index contributed by atoms with van der Waals surface area (Å²) in [7, 11) is 0. The van der Waals surface area contributed by atoms with Gasteiger partial charge in [0, 0.05) is 29.9 Å². The highest BCUT2D eigenvalue weighted by Gasteiger charge is 2.33. The standard InChI is InChI=1S/C26H16N2O6/c29-15-4-1-13(2-5-15)17-12-33-26-23-16(14-3-6-18-19(9-14)28-8-7-27-18)10-22(31)34-21(23)11-20(30)24(26)25(17)32/h1-9,11-12,16,29-30H,10H2/t16-/m1/s1. The zero-order chi connectivity index (χ0) is 23.4. The number of phenols is 2. The number of carbonyl (C=O) groups excluding carboxylic acids is 1. The summed E-state index contributed by atoms with van der Waals surface area (Å²) in [4.78, 5) is 34.4. The van der Waals surface area contributed by atoms with Gasteiger partial charge in [0.25, 0.3) is 0 Å². The van der Waals surface area contributed by atoms with E-state index in [1.54, 1.807) is 24.5 Å². The monoisotopic (exact) mass is 452 g/mol. The zero-order valence-electron chi connectivity index (χ0n) is 17.6. The van der Waals surface area contributed by atoms with E-state index in [0.29, 0.717) is 22.2 Å². The Balaban J connectivity index is 1.60. The van der Waals surface area contributed by atoms with Gasteiger partial charge in [-0.05, 0) is 35.4 Å². The molecule has 0 bridgehead atoms. The van der Waals surface area contributed by atoms with E-state index >= 15 is 0 Å². The molecule has 6 rings (SSSR count). The van der Waals surface area contributed by atoms with Crippen molar-refractivity contribution in [3.05, 3.63) is 88.5 Å². The summed E-state index contributed by atoms with van der Waals surface area (Å²) < 4.78 is 11.3. The Kier molecular flexibility index (Phi) is 4.35. The fraction of sp³-hybridized carbons (Fsp3) is 0.0769. The maximum Gasteiger partial charge on any atom is 0.312 e. The number of ether oxygens (including phenoxy) is 1. The minimum absolute atomic E-state index is 0.00662. The van der Waals surface area contributed by atoms with Crippen LogP contribution in [0, 0.1) is 0 Å². The molecule has 2 N–H and O–H groups in total. The van der Waals surface area contributed by atoms with Crippen LogP contribution in [-0.4, -0.2) is 26.2 Å². The molecule has 5 aromatic rings. The first kappa shape index (κ1) is 19.9. The zero-order valence-corrected chi connectivity index (χ0v) is 17.6. The Morgan fingerprint density at radius 2 is 1.68 bits per heavy atom. The average Bonchev–Trinajstić information content (AvgIpc) is 2.84. The predicted octanol–water partition coefficient (Wildman–Crippen LogP) is 4.26. The van der Waals surface area contributed by atoms with Crippen molar-refractivity contribution < 1.29 is 24.2 Å². The Morgan fingerprint density at radius 1 is 0.912 bits per heavy atom. The second-order valence-corrected chi connectivity index (χ2v) is 8.07. The van der Waals surface area contributed by atoms with Crippen molar-refractivity contribution in [1.82, 2.24) is 9.97 Å². The largest absolute Gasteiger partial charge is 0.508 e. The fourth-order valence-electron chi connectivity index (χ4n) is 4.45. The normalized spacial score (nSPS) is 15.3. The average molecular weight is 452 g/mol. The SMILES string of the molecule is O=C1C[C@H](c2ccc3nccnc3c2)c2c(cc(O)c3c(=O)c(-c4ccc(O)cc4)coc23)O1. The molecule has 3 heterocycles. The van der Waals surface area contributed by atoms with Crippen molar-refractivity contribution in [2.75, 3.05) is 0 Å². The van der Waals surface area contributed by atoms with Gasteiger partial charge < -0.3 is 19.4 Å². The molecule has 0 radical (unpaired) electrons. The third-order valence-corrected chi connectivity index (χ3v) is 6.04. The van der Waals surface area contributed by atoms with Crippen LogP contribution in [0.1, 0.15) is 23.5 Å². The summed E-state index contributed by atoms with van der Waals surface area (Å²) in [5, 5.41) is 20.2. The smallest absolute Gasteiger partial charge is 0.312 e. The van der Waals surface area contributed by atoms with E-state index in [-0.39, 0.29) is 40.2 Å². The van der Waals surface area contributed by atoms with E-state index in [1.807, 2.05) is 18.2 Å². The number of rotatable bonds is 2. The van der Waals surface area contributed by atoms with Crippen molar-refractivity contribution in [2.24, 2.45) is 0 Å². The number of carbonyl (C=O) groups is 1. The van der Waals surface area contributed by atoms with E-state index in [0.717, 1.165) is 5.56 Å². The lowest BCUT2D eigenvalue weighted by molar-refractivity contribution is -0.135. The third kappa shape index (κ3) is 3.07. The molecule has 0 unspecified atom stereocenters. The number of hydrogen-bond acceptors (Lipinski definition) is 8. The van der Waals surface area contributed by atoms with Crippen molar-refractivity contribution in [1.29, 1.82) is 0 Å². The minimum Gasteiger partial charge on any atom is -0.508 e. The highest BCUT2D eigenvalue weighted by atomic mass is 16.5. The molecule has 8 heteroatoms. The first-order valence-corrected chi connectivity index (χ1v) is 10.5. The van der Waals surface area contributed by atoms with E-state index in [1.165, 1.54) is 24.5 Å². The molecule has 8 nitrogen and oxygen atoms in total. The molecular weight excluding hydrogens is 436 g/mol. The van der Waals surface area contributed by atoms with Gasteiger partial charge in [0.15, 0.2) is 0 Å². The molecule has 1 aliphatic heterocycles. The quantitative estimate of drug-likeness (QED) is 0.301. The summed E-state index contributed by atoms with van der Waals surface area (Å²) in [6.07, 6.45) is 4.54. The Hall–Kier alpha value is -4.72. The number of nitrogens with zero attached hydrogens (tertiary/aromatic N) is 2. The summed E-state index contributed by atoms with van der Waals surface area (Å²) >= 11 is 0. The Morgan fingerprint density at radius 3 is 2.47 bits per heavy atom. The first-order chi connectivity index (χ1) is 16.5. The van der Waals surface area contributed by atoms with Gasteiger partial charge in [-0.1, -0.05) is 18.2 Å². The number of esters is 1. The van der Waals surface area contributed by atoms with Crippen LogP contribution in [0.2, 0.25) is 0 Å². The van der Waals surface area contributed by atoms with Crippen LogP contribution >= 0.6 is 0 Å². The lowest BCUT2D eigenvalue weighted by atomic mass is 9.84. The number of aromatic hydroxyl groups is 2. The lowest BCUT2D eigenvalue weighted by Crippen LogP contribution is -2.22. The van der Waals surface area contributed by atoms with Gasteiger partial charge in [-0.15, -0.1) is 0 Å². The van der Waals surface area contributed by atoms with Gasteiger partial charge in [0.1, 0.15) is 34.5 Å². The van der Waals surface area contributed by atoms with Gasteiger partial charge in [0.2, 0.25) is 5.43 Å². The first-order valence-electron chi connectivity index (χ1n) is 10.5. The van der Waals surface area contributed by atoms with Crippen LogP contribution in [-0.2, 0) is 4.79 Å². The highest BCUT2D eigenvalue weighted by molar-refractivity contribution is 5.94. The molecule has 166 valence electrons. The van der Waals surface area contributed by atoms with Gasteiger partial charge in [-0.25, -0.2) is 0 Å². The van der Waals surface area contributed by atoms with Gasteiger partial charge in [-0.2, -0.15) is 0 Å². The highest BCUT2D eigenvalue weighted by Crippen LogP contribution is 2.45. The van der Waals surface area contributed by atoms with Crippen molar-refractivity contribution in [2.45, 2.75) is 12.3 Å².